The second-order valence-corrected chi connectivity index (χ2v) is 7.08. The van der Waals surface area contributed by atoms with Crippen molar-refractivity contribution in [1.29, 1.82) is 0 Å². The van der Waals surface area contributed by atoms with Crippen molar-refractivity contribution in [2.45, 2.75) is 11.7 Å². The number of likely N-dealkylation sites (N-methyl/N-ethyl adjacent to an activating group) is 1. The first kappa shape index (κ1) is 18.1. The molecule has 1 unspecified atom stereocenters. The first-order chi connectivity index (χ1) is 12.5. The largest absolute Gasteiger partial charge is 0.490 e. The Morgan fingerprint density at radius 2 is 2.00 bits per heavy atom. The lowest BCUT2D eigenvalue weighted by Gasteiger charge is -2.13. The zero-order chi connectivity index (χ0) is 18.5. The van der Waals surface area contributed by atoms with Gasteiger partial charge in [-0.15, -0.1) is 0 Å². The molecule has 0 spiro atoms. The topological polar surface area (TPSA) is 82.8 Å². The number of hydrogen-bond donors (Lipinski definition) is 2. The molecule has 1 atom stereocenters. The van der Waals surface area contributed by atoms with Crippen molar-refractivity contribution in [3.05, 3.63) is 54.2 Å². The molecule has 0 radical (unpaired) electrons. The van der Waals surface area contributed by atoms with Gasteiger partial charge >= 0.3 is 5.82 Å². The van der Waals surface area contributed by atoms with Crippen molar-refractivity contribution in [1.82, 2.24) is 5.32 Å². The van der Waals surface area contributed by atoms with Crippen molar-refractivity contribution in [3.63, 3.8) is 0 Å². The molecule has 2 aromatic rings. The number of anilines is 1. The molecule has 2 amide bonds. The molecule has 0 saturated carbocycles. The van der Waals surface area contributed by atoms with Crippen LogP contribution in [0.3, 0.4) is 0 Å². The molecule has 136 valence electrons. The van der Waals surface area contributed by atoms with E-state index in [1.165, 1.54) is 0 Å². The number of pyridine rings is 1. The number of rotatable bonds is 7. The molecule has 1 aromatic carbocycles. The Morgan fingerprint density at radius 3 is 2.65 bits per heavy atom. The van der Waals surface area contributed by atoms with E-state index < -0.39 is 0 Å². The smallest absolute Gasteiger partial charge is 0.315 e. The molecule has 7 nitrogen and oxygen atoms in total. The molecule has 1 aliphatic heterocycles. The van der Waals surface area contributed by atoms with Crippen LogP contribution in [0.25, 0.3) is 0 Å². The van der Waals surface area contributed by atoms with Crippen molar-refractivity contribution < 1.29 is 24.3 Å². The van der Waals surface area contributed by atoms with Crippen molar-refractivity contribution in [2.75, 3.05) is 25.1 Å². The van der Waals surface area contributed by atoms with E-state index in [0.29, 0.717) is 25.4 Å². The van der Waals surface area contributed by atoms with Gasteiger partial charge in [-0.1, -0.05) is 34.7 Å². The number of carbonyl (C=O) groups excluding carboxylic acids is 2. The maximum atomic E-state index is 11.6. The van der Waals surface area contributed by atoms with E-state index >= 15 is 0 Å². The summed E-state index contributed by atoms with van der Waals surface area (Å²) in [6.45, 7) is 1.06. The normalized spacial score (nSPS) is 16.4. The SMILES string of the molecule is CN(CCOc1ccc(CC2SC(=O)NC2=O)cc1)c1cccc[n+]1O. The average Bonchev–Trinajstić information content (AvgIpc) is 2.94. The molecule has 3 rings (SSSR count). The molecule has 1 saturated heterocycles. The molecule has 8 heteroatoms. The summed E-state index contributed by atoms with van der Waals surface area (Å²) < 4.78 is 6.80. The van der Waals surface area contributed by atoms with Gasteiger partial charge in [-0.25, -0.2) is 0 Å². The van der Waals surface area contributed by atoms with Gasteiger partial charge in [0.25, 0.3) is 5.24 Å². The lowest BCUT2D eigenvalue weighted by atomic mass is 10.1. The van der Waals surface area contributed by atoms with E-state index in [-0.39, 0.29) is 16.4 Å². The number of nitrogens with zero attached hydrogens (tertiary/aromatic N) is 2. The second-order valence-electron chi connectivity index (χ2n) is 5.90. The number of carbonyl (C=O) groups is 2. The molecule has 2 N–H and O–H groups in total. The third kappa shape index (κ3) is 4.45. The van der Waals surface area contributed by atoms with Crippen LogP contribution in [0.4, 0.5) is 10.6 Å². The van der Waals surface area contributed by atoms with Gasteiger partial charge in [0.1, 0.15) is 25.1 Å². The Balaban J connectivity index is 1.48. The van der Waals surface area contributed by atoms with Gasteiger partial charge in [0, 0.05) is 6.07 Å². The van der Waals surface area contributed by atoms with E-state index in [9.17, 15) is 14.8 Å². The molecular formula is C18H20N3O4S+. The van der Waals surface area contributed by atoms with Crippen LogP contribution in [0.1, 0.15) is 5.56 Å². The Morgan fingerprint density at radius 1 is 1.23 bits per heavy atom. The third-order valence-electron chi connectivity index (χ3n) is 4.02. The minimum Gasteiger partial charge on any atom is -0.490 e. The van der Waals surface area contributed by atoms with Crippen molar-refractivity contribution in [2.24, 2.45) is 0 Å². The van der Waals surface area contributed by atoms with Crippen molar-refractivity contribution in [3.8, 4) is 5.75 Å². The summed E-state index contributed by atoms with van der Waals surface area (Å²) in [5.74, 6) is 1.17. The fraction of sp³-hybridized carbons (Fsp3) is 0.278. The number of imide groups is 1. The van der Waals surface area contributed by atoms with Gasteiger partial charge in [-0.2, -0.15) is 0 Å². The number of nitrogens with one attached hydrogen (secondary N) is 1. The average molecular weight is 374 g/mol. The molecule has 1 aromatic heterocycles. The molecule has 2 heterocycles. The van der Waals surface area contributed by atoms with E-state index in [4.69, 9.17) is 4.74 Å². The predicted molar refractivity (Wildman–Crippen MR) is 97.7 cm³/mol. The number of amides is 2. The van der Waals surface area contributed by atoms with E-state index in [1.54, 1.807) is 12.3 Å². The summed E-state index contributed by atoms with van der Waals surface area (Å²) in [6, 6.07) is 12.9. The number of hydrogen-bond acceptors (Lipinski definition) is 6. The van der Waals surface area contributed by atoms with E-state index in [1.807, 2.05) is 48.3 Å². The summed E-state index contributed by atoms with van der Waals surface area (Å²) in [5, 5.41) is 11.4. The minimum atomic E-state index is -0.362. The highest BCUT2D eigenvalue weighted by Crippen LogP contribution is 2.23. The Labute approximate surface area is 155 Å². The fourth-order valence-corrected chi connectivity index (χ4v) is 3.47. The molecule has 26 heavy (non-hydrogen) atoms. The van der Waals surface area contributed by atoms with Gasteiger partial charge in [-0.05, 0) is 30.2 Å². The fourth-order valence-electron chi connectivity index (χ4n) is 2.61. The Kier molecular flexibility index (Phi) is 5.62. The molecular weight excluding hydrogens is 354 g/mol. The van der Waals surface area contributed by atoms with Crippen LogP contribution < -0.4 is 19.7 Å². The maximum absolute atomic E-state index is 11.6. The maximum Gasteiger partial charge on any atom is 0.315 e. The van der Waals surface area contributed by atoms with Crippen LogP contribution in [-0.2, 0) is 11.2 Å². The van der Waals surface area contributed by atoms with Gasteiger partial charge in [0.15, 0.2) is 0 Å². The second kappa shape index (κ2) is 8.09. The summed E-state index contributed by atoms with van der Waals surface area (Å²) >= 11 is 1.03. The quantitative estimate of drug-likeness (QED) is 0.566. The zero-order valence-corrected chi connectivity index (χ0v) is 15.1. The number of aromatic nitrogens is 1. The predicted octanol–water partition coefficient (Wildman–Crippen LogP) is 1.62. The highest BCUT2D eigenvalue weighted by atomic mass is 32.2. The van der Waals surface area contributed by atoms with Crippen LogP contribution in [0.5, 0.6) is 5.75 Å². The first-order valence-electron chi connectivity index (χ1n) is 8.17. The monoisotopic (exact) mass is 374 g/mol. The zero-order valence-electron chi connectivity index (χ0n) is 14.3. The van der Waals surface area contributed by atoms with Crippen molar-refractivity contribution >= 4 is 28.7 Å². The highest BCUT2D eigenvalue weighted by Gasteiger charge is 2.31. The van der Waals surface area contributed by atoms with Gasteiger partial charge in [0.05, 0.1) is 12.3 Å². The Hall–Kier alpha value is -2.74. The van der Waals surface area contributed by atoms with Crippen LogP contribution in [-0.4, -0.2) is 41.8 Å². The minimum absolute atomic E-state index is 0.231. The third-order valence-corrected chi connectivity index (χ3v) is 5.00. The van der Waals surface area contributed by atoms with Crippen LogP contribution >= 0.6 is 11.8 Å². The van der Waals surface area contributed by atoms with Crippen LogP contribution in [0.15, 0.2) is 48.7 Å². The summed E-state index contributed by atoms with van der Waals surface area (Å²) in [6.07, 6.45) is 2.08. The lowest BCUT2D eigenvalue weighted by molar-refractivity contribution is -0.894. The molecule has 1 aliphatic rings. The highest BCUT2D eigenvalue weighted by molar-refractivity contribution is 8.15. The standard InChI is InChI=1S/C18H19N3O4S/c1-20(16-4-2-3-9-21(16)24)10-11-25-14-7-5-13(6-8-14)12-15-17(22)19-18(23)26-15/h2-9,15H,10-12H2,1H3,(H-,19,22,23,24)/p+1. The van der Waals surface area contributed by atoms with Crippen LogP contribution in [0.2, 0.25) is 0 Å². The summed E-state index contributed by atoms with van der Waals surface area (Å²) in [7, 11) is 1.88. The van der Waals surface area contributed by atoms with E-state index in [2.05, 4.69) is 5.32 Å². The van der Waals surface area contributed by atoms with Gasteiger partial charge in [-0.3, -0.25) is 19.8 Å². The summed E-state index contributed by atoms with van der Waals surface area (Å²) in [4.78, 5) is 24.7. The number of thioether (sulfide) groups is 1. The number of ether oxygens (including phenoxy) is 1. The molecule has 0 aliphatic carbocycles. The van der Waals surface area contributed by atoms with Crippen LogP contribution in [0, 0.1) is 0 Å². The molecule has 1 fully saturated rings. The first-order valence-corrected chi connectivity index (χ1v) is 9.05. The summed E-state index contributed by atoms with van der Waals surface area (Å²) in [5.41, 5.74) is 0.974. The van der Waals surface area contributed by atoms with E-state index in [0.717, 1.165) is 27.8 Å². The lowest BCUT2D eigenvalue weighted by Crippen LogP contribution is -2.39. The van der Waals surface area contributed by atoms with Gasteiger partial charge < -0.3 is 9.94 Å². The van der Waals surface area contributed by atoms with Gasteiger partial charge in [0.2, 0.25) is 5.91 Å². The molecule has 0 bridgehead atoms. The Bertz CT molecular complexity index is 797. The number of benzene rings is 1.